The average Bonchev–Trinajstić information content (AvgIpc) is 2.58. The van der Waals surface area contributed by atoms with Gasteiger partial charge in [0.2, 0.25) is 0 Å². The molecule has 0 unspecified atom stereocenters. The fourth-order valence-corrected chi connectivity index (χ4v) is 2.64. The Labute approximate surface area is 144 Å². The Bertz CT molecular complexity index is 739. The van der Waals surface area contributed by atoms with E-state index in [2.05, 4.69) is 11.9 Å². The van der Waals surface area contributed by atoms with Crippen molar-refractivity contribution in [1.82, 2.24) is 10.2 Å². The van der Waals surface area contributed by atoms with Gasteiger partial charge in [0.05, 0.1) is 23.1 Å². The van der Waals surface area contributed by atoms with Crippen molar-refractivity contribution in [3.8, 4) is 0 Å². The highest BCUT2D eigenvalue weighted by Gasteiger charge is 2.36. The summed E-state index contributed by atoms with van der Waals surface area (Å²) in [7, 11) is 0. The zero-order valence-electron chi connectivity index (χ0n) is 14.0. The van der Waals surface area contributed by atoms with Crippen molar-refractivity contribution < 1.29 is 19.2 Å². The van der Waals surface area contributed by atoms with Crippen LogP contribution < -0.4 is 5.32 Å². The molecule has 1 aromatic rings. The lowest BCUT2D eigenvalue weighted by atomic mass is 9.94. The molecule has 0 aromatic heterocycles. The molecule has 0 aliphatic carbocycles. The number of nitrogens with zero attached hydrogens (tertiary/aromatic N) is 2. The summed E-state index contributed by atoms with van der Waals surface area (Å²) >= 11 is 0. The molecular weight excluding hydrogens is 326 g/mol. The molecule has 0 bridgehead atoms. The number of carbonyl (C=O) groups is 2. The van der Waals surface area contributed by atoms with Crippen LogP contribution in [0.5, 0.6) is 0 Å². The zero-order chi connectivity index (χ0) is 18.6. The van der Waals surface area contributed by atoms with Gasteiger partial charge in [-0.3, -0.25) is 15.0 Å². The number of nitro benzene ring substituents is 1. The minimum Gasteiger partial charge on any atom is -0.463 e. The highest BCUT2D eigenvalue weighted by Crippen LogP contribution is 2.32. The van der Waals surface area contributed by atoms with Crippen molar-refractivity contribution in [1.29, 1.82) is 0 Å². The number of amides is 2. The van der Waals surface area contributed by atoms with Crippen molar-refractivity contribution >= 4 is 17.7 Å². The van der Waals surface area contributed by atoms with Crippen LogP contribution in [0.1, 0.15) is 25.5 Å². The normalized spacial score (nSPS) is 17.1. The van der Waals surface area contributed by atoms with Crippen molar-refractivity contribution in [2.75, 3.05) is 13.2 Å². The summed E-state index contributed by atoms with van der Waals surface area (Å²) in [6.45, 7) is 7.40. The monoisotopic (exact) mass is 345 g/mol. The number of hydrogen-bond donors (Lipinski definition) is 1. The molecule has 0 spiro atoms. The number of hydrogen-bond acceptors (Lipinski definition) is 5. The molecule has 132 valence electrons. The number of rotatable bonds is 6. The lowest BCUT2D eigenvalue weighted by Gasteiger charge is -2.34. The van der Waals surface area contributed by atoms with E-state index in [0.717, 1.165) is 0 Å². The molecule has 0 saturated heterocycles. The third-order valence-corrected chi connectivity index (χ3v) is 3.84. The van der Waals surface area contributed by atoms with Crippen molar-refractivity contribution in [3.63, 3.8) is 0 Å². The largest absolute Gasteiger partial charge is 0.463 e. The first kappa shape index (κ1) is 18.2. The van der Waals surface area contributed by atoms with Gasteiger partial charge in [-0.25, -0.2) is 9.59 Å². The van der Waals surface area contributed by atoms with E-state index in [4.69, 9.17) is 4.74 Å². The van der Waals surface area contributed by atoms with E-state index in [-0.39, 0.29) is 30.4 Å². The third kappa shape index (κ3) is 3.68. The average molecular weight is 345 g/mol. The highest BCUT2D eigenvalue weighted by molar-refractivity contribution is 5.95. The maximum atomic E-state index is 12.4. The molecule has 0 saturated carbocycles. The topological polar surface area (TPSA) is 102 Å². The number of benzene rings is 1. The molecule has 25 heavy (non-hydrogen) atoms. The molecule has 1 N–H and O–H groups in total. The molecule has 2 rings (SSSR count). The predicted octanol–water partition coefficient (Wildman–Crippen LogP) is 2.68. The van der Waals surface area contributed by atoms with Gasteiger partial charge in [-0.05, 0) is 31.5 Å². The van der Waals surface area contributed by atoms with Crippen LogP contribution >= 0.6 is 0 Å². The van der Waals surface area contributed by atoms with E-state index in [9.17, 15) is 19.7 Å². The molecule has 1 heterocycles. The number of nitrogens with one attached hydrogen (secondary N) is 1. The van der Waals surface area contributed by atoms with E-state index in [1.807, 2.05) is 0 Å². The Morgan fingerprint density at radius 3 is 2.60 bits per heavy atom. The summed E-state index contributed by atoms with van der Waals surface area (Å²) in [4.78, 5) is 36.5. The maximum Gasteiger partial charge on any atom is 0.338 e. The van der Waals surface area contributed by atoms with Crippen LogP contribution in [-0.4, -0.2) is 35.0 Å². The summed E-state index contributed by atoms with van der Waals surface area (Å²) < 4.78 is 5.12. The van der Waals surface area contributed by atoms with Crippen LogP contribution in [0.4, 0.5) is 10.5 Å². The molecular formula is C17H19N3O5. The predicted molar refractivity (Wildman–Crippen MR) is 90.6 cm³/mol. The molecule has 8 nitrogen and oxygen atoms in total. The smallest absolute Gasteiger partial charge is 0.338 e. The van der Waals surface area contributed by atoms with Gasteiger partial charge in [0.25, 0.3) is 5.69 Å². The molecule has 8 heteroatoms. The van der Waals surface area contributed by atoms with Crippen LogP contribution in [0, 0.1) is 10.1 Å². The molecule has 1 aliphatic rings. The number of non-ortho nitro benzene ring substituents is 1. The van der Waals surface area contributed by atoms with Gasteiger partial charge >= 0.3 is 12.0 Å². The summed E-state index contributed by atoms with van der Waals surface area (Å²) in [6.07, 6.45) is 1.55. The molecule has 0 radical (unpaired) electrons. The first-order chi connectivity index (χ1) is 11.9. The number of ether oxygens (including phenoxy) is 1. The van der Waals surface area contributed by atoms with Gasteiger partial charge in [-0.1, -0.05) is 6.08 Å². The minimum atomic E-state index is -0.742. The third-order valence-electron chi connectivity index (χ3n) is 3.84. The number of esters is 1. The van der Waals surface area contributed by atoms with Gasteiger partial charge in [0, 0.05) is 24.4 Å². The Hall–Kier alpha value is -3.16. The second-order valence-corrected chi connectivity index (χ2v) is 5.35. The number of nitro groups is 1. The first-order valence-corrected chi connectivity index (χ1v) is 7.71. The number of carbonyl (C=O) groups excluding carboxylic acids is 2. The summed E-state index contributed by atoms with van der Waals surface area (Å²) in [6, 6.07) is 4.56. The zero-order valence-corrected chi connectivity index (χ0v) is 14.0. The Kier molecular flexibility index (Phi) is 5.53. The van der Waals surface area contributed by atoms with Gasteiger partial charge in [-0.2, -0.15) is 0 Å². The van der Waals surface area contributed by atoms with Crippen molar-refractivity contribution in [2.24, 2.45) is 0 Å². The minimum absolute atomic E-state index is 0.0717. The van der Waals surface area contributed by atoms with Gasteiger partial charge in [0.1, 0.15) is 0 Å². The Balaban J connectivity index is 2.50. The molecule has 1 atom stereocenters. The van der Waals surface area contributed by atoms with Crippen LogP contribution in [0.3, 0.4) is 0 Å². The molecule has 2 amide bonds. The quantitative estimate of drug-likeness (QED) is 0.370. The lowest BCUT2D eigenvalue weighted by Crippen LogP contribution is -2.48. The second-order valence-electron chi connectivity index (χ2n) is 5.35. The number of urea groups is 1. The lowest BCUT2D eigenvalue weighted by molar-refractivity contribution is -0.384. The Morgan fingerprint density at radius 2 is 2.08 bits per heavy atom. The fraction of sp³-hybridized carbons (Fsp3) is 0.294. The summed E-state index contributed by atoms with van der Waals surface area (Å²) in [5.41, 5.74) is 1.24. The van der Waals surface area contributed by atoms with Gasteiger partial charge in [-0.15, -0.1) is 6.58 Å². The maximum absolute atomic E-state index is 12.4. The molecule has 0 fully saturated rings. The molecule has 1 aliphatic heterocycles. The first-order valence-electron chi connectivity index (χ1n) is 7.71. The fourth-order valence-electron chi connectivity index (χ4n) is 2.64. The van der Waals surface area contributed by atoms with Gasteiger partial charge in [0.15, 0.2) is 0 Å². The van der Waals surface area contributed by atoms with Crippen LogP contribution in [-0.2, 0) is 9.53 Å². The van der Waals surface area contributed by atoms with Crippen LogP contribution in [0.2, 0.25) is 0 Å². The highest BCUT2D eigenvalue weighted by atomic mass is 16.6. The van der Waals surface area contributed by atoms with Crippen molar-refractivity contribution in [3.05, 3.63) is 63.9 Å². The molecule has 1 aromatic carbocycles. The van der Waals surface area contributed by atoms with Gasteiger partial charge < -0.3 is 10.1 Å². The number of allylic oxidation sites excluding steroid dienone is 1. The van der Waals surface area contributed by atoms with E-state index in [0.29, 0.717) is 11.3 Å². The van der Waals surface area contributed by atoms with Crippen molar-refractivity contribution in [2.45, 2.75) is 19.9 Å². The Morgan fingerprint density at radius 1 is 1.44 bits per heavy atom. The van der Waals surface area contributed by atoms with Crippen LogP contribution in [0.25, 0.3) is 0 Å². The SMILES string of the molecule is C=CCN1C(=O)N[C@@H](c2ccc([N+](=O)[O-])cc2)C(C(=O)OCC)=C1C. The van der Waals surface area contributed by atoms with E-state index in [1.165, 1.54) is 29.2 Å². The van der Waals surface area contributed by atoms with E-state index >= 15 is 0 Å². The standard InChI is InChI=1S/C17H19N3O5/c1-4-10-19-11(3)14(16(21)25-5-2)15(18-17(19)22)12-6-8-13(9-7-12)20(23)24/h4,6-9,15H,1,5,10H2,2-3H3,(H,18,22)/t15-/m0/s1. The van der Waals surface area contributed by atoms with Crippen LogP contribution in [0.15, 0.2) is 48.2 Å². The van der Waals surface area contributed by atoms with E-state index < -0.39 is 16.9 Å². The summed E-state index contributed by atoms with van der Waals surface area (Å²) in [5.74, 6) is -0.544. The second kappa shape index (κ2) is 7.61. The van der Waals surface area contributed by atoms with E-state index in [1.54, 1.807) is 19.9 Å². The summed E-state index contributed by atoms with van der Waals surface area (Å²) in [5, 5.41) is 13.5.